The Morgan fingerprint density at radius 1 is 1.10 bits per heavy atom. The van der Waals surface area contributed by atoms with E-state index in [2.05, 4.69) is 31.8 Å². The van der Waals surface area contributed by atoms with Crippen LogP contribution in [0.5, 0.6) is 0 Å². The van der Waals surface area contributed by atoms with Gasteiger partial charge in [-0.3, -0.25) is 0 Å². The molecule has 0 saturated heterocycles. The van der Waals surface area contributed by atoms with Gasteiger partial charge >= 0.3 is 0 Å². The minimum Gasteiger partial charge on any atom is -0.102 e. The van der Waals surface area contributed by atoms with E-state index in [0.29, 0.717) is 0 Å². The van der Waals surface area contributed by atoms with Crippen molar-refractivity contribution < 1.29 is 0 Å². The van der Waals surface area contributed by atoms with Gasteiger partial charge in [0.05, 0.1) is 0 Å². The van der Waals surface area contributed by atoms with Crippen LogP contribution in [0, 0.1) is 11.8 Å². The van der Waals surface area contributed by atoms with Gasteiger partial charge in [-0.25, -0.2) is 0 Å². The van der Waals surface area contributed by atoms with Crippen molar-refractivity contribution in [3.8, 4) is 11.8 Å². The van der Waals surface area contributed by atoms with E-state index >= 15 is 0 Å². The van der Waals surface area contributed by atoms with E-state index in [9.17, 15) is 0 Å². The summed E-state index contributed by atoms with van der Waals surface area (Å²) >= 11 is 0. The summed E-state index contributed by atoms with van der Waals surface area (Å²) in [6, 6.07) is 0. The molecule has 0 rings (SSSR count). The van der Waals surface area contributed by atoms with Crippen LogP contribution in [0.4, 0.5) is 0 Å². The summed E-state index contributed by atoms with van der Waals surface area (Å²) in [6.07, 6.45) is 4.10. The minimum absolute atomic E-state index is 1.11. The highest BCUT2D eigenvalue weighted by Gasteiger charge is 1.76. The zero-order chi connectivity index (χ0) is 7.98. The molecule has 0 atom stereocenters. The molecule has 0 unspecified atom stereocenters. The van der Waals surface area contributed by atoms with E-state index in [-0.39, 0.29) is 0 Å². The van der Waals surface area contributed by atoms with Crippen molar-refractivity contribution in [1.29, 1.82) is 0 Å². The van der Waals surface area contributed by atoms with Gasteiger partial charge in [-0.05, 0) is 33.3 Å². The van der Waals surface area contributed by atoms with Crippen molar-refractivity contribution in [2.24, 2.45) is 0 Å². The number of allylic oxidation sites excluding steroid dienone is 4. The largest absolute Gasteiger partial charge is 0.102 e. The second-order valence-corrected chi connectivity index (χ2v) is 2.47. The molecule has 0 aliphatic rings. The van der Waals surface area contributed by atoms with E-state index in [1.54, 1.807) is 0 Å². The van der Waals surface area contributed by atoms with Gasteiger partial charge in [0.15, 0.2) is 0 Å². The average Bonchev–Trinajstić information content (AvgIpc) is 1.85. The van der Waals surface area contributed by atoms with E-state index in [1.807, 2.05) is 19.9 Å². The van der Waals surface area contributed by atoms with Crippen LogP contribution in [0.1, 0.15) is 27.7 Å². The highest BCUT2D eigenvalue weighted by atomic mass is 13.8. The standard InChI is InChI=1S/C10H14/c1-5-6-10(4)8-7-9(2)3/h7-8H,1-4H3/b10-8+. The Kier molecular flexibility index (Phi) is 4.41. The molecule has 0 nitrogen and oxygen atoms in total. The molecule has 0 heterocycles. The molecule has 0 aromatic heterocycles. The molecule has 0 radical (unpaired) electrons. The lowest BCUT2D eigenvalue weighted by Crippen LogP contribution is -1.66. The molecule has 54 valence electrons. The van der Waals surface area contributed by atoms with Gasteiger partial charge in [0.2, 0.25) is 0 Å². The Morgan fingerprint density at radius 2 is 1.70 bits per heavy atom. The Morgan fingerprint density at radius 3 is 2.10 bits per heavy atom. The summed E-state index contributed by atoms with van der Waals surface area (Å²) in [5.41, 5.74) is 2.42. The summed E-state index contributed by atoms with van der Waals surface area (Å²) < 4.78 is 0. The van der Waals surface area contributed by atoms with Crippen LogP contribution >= 0.6 is 0 Å². The second-order valence-electron chi connectivity index (χ2n) is 2.47. The van der Waals surface area contributed by atoms with E-state index in [1.165, 1.54) is 5.57 Å². The van der Waals surface area contributed by atoms with Gasteiger partial charge in [0.25, 0.3) is 0 Å². The molecule has 0 N–H and O–H groups in total. The maximum atomic E-state index is 2.97. The Hall–Kier alpha value is -0.960. The molecule has 0 aromatic carbocycles. The zero-order valence-corrected chi connectivity index (χ0v) is 7.15. The second kappa shape index (κ2) is 4.88. The van der Waals surface area contributed by atoms with Gasteiger partial charge in [-0.1, -0.05) is 23.6 Å². The van der Waals surface area contributed by atoms with E-state index < -0.39 is 0 Å². The molecule has 0 saturated carbocycles. The van der Waals surface area contributed by atoms with Gasteiger partial charge in [0, 0.05) is 0 Å². The first kappa shape index (κ1) is 9.04. The normalized spacial score (nSPS) is 9.80. The highest BCUT2D eigenvalue weighted by Crippen LogP contribution is 1.94. The summed E-state index contributed by atoms with van der Waals surface area (Å²) in [6.45, 7) is 8.00. The van der Waals surface area contributed by atoms with Crippen molar-refractivity contribution in [2.75, 3.05) is 0 Å². The molecule has 0 heteroatoms. The fourth-order valence-electron chi connectivity index (χ4n) is 0.531. The fraction of sp³-hybridized carbons (Fsp3) is 0.400. The molecular formula is C10H14. The molecule has 10 heavy (non-hydrogen) atoms. The van der Waals surface area contributed by atoms with Crippen molar-refractivity contribution in [1.82, 2.24) is 0 Å². The van der Waals surface area contributed by atoms with E-state index in [4.69, 9.17) is 0 Å². The summed E-state index contributed by atoms with van der Waals surface area (Å²) in [5, 5.41) is 0. The zero-order valence-electron chi connectivity index (χ0n) is 7.15. The summed E-state index contributed by atoms with van der Waals surface area (Å²) in [4.78, 5) is 0. The van der Waals surface area contributed by atoms with Crippen LogP contribution in [0.25, 0.3) is 0 Å². The first-order valence-corrected chi connectivity index (χ1v) is 3.41. The average molecular weight is 134 g/mol. The van der Waals surface area contributed by atoms with Crippen LogP contribution < -0.4 is 0 Å². The lowest BCUT2D eigenvalue weighted by atomic mass is 10.2. The number of rotatable bonds is 1. The fourth-order valence-corrected chi connectivity index (χ4v) is 0.531. The van der Waals surface area contributed by atoms with Gasteiger partial charge in [0.1, 0.15) is 0 Å². The van der Waals surface area contributed by atoms with Gasteiger partial charge in [-0.15, -0.1) is 5.92 Å². The van der Waals surface area contributed by atoms with Crippen molar-refractivity contribution >= 4 is 0 Å². The third kappa shape index (κ3) is 5.18. The Labute approximate surface area is 63.6 Å². The smallest absolute Gasteiger partial charge is 0.00109 e. The number of hydrogen-bond donors (Lipinski definition) is 0. The van der Waals surface area contributed by atoms with Gasteiger partial charge in [-0.2, -0.15) is 0 Å². The maximum absolute atomic E-state index is 2.97. The molecule has 0 aliphatic heterocycles. The van der Waals surface area contributed by atoms with E-state index in [0.717, 1.165) is 5.57 Å². The molecule has 0 spiro atoms. The third-order valence-corrected chi connectivity index (χ3v) is 0.989. The predicted octanol–water partition coefficient (Wildman–Crippen LogP) is 2.92. The van der Waals surface area contributed by atoms with Crippen molar-refractivity contribution in [3.05, 3.63) is 23.3 Å². The predicted molar refractivity (Wildman–Crippen MR) is 46.6 cm³/mol. The minimum atomic E-state index is 1.11. The van der Waals surface area contributed by atoms with Crippen molar-refractivity contribution in [3.63, 3.8) is 0 Å². The molecule has 0 fully saturated rings. The van der Waals surface area contributed by atoms with Crippen LogP contribution in [0.2, 0.25) is 0 Å². The third-order valence-electron chi connectivity index (χ3n) is 0.989. The maximum Gasteiger partial charge on any atom is -0.00109 e. The quantitative estimate of drug-likeness (QED) is 0.382. The van der Waals surface area contributed by atoms with Gasteiger partial charge < -0.3 is 0 Å². The molecule has 0 amide bonds. The van der Waals surface area contributed by atoms with Crippen LogP contribution in [0.15, 0.2) is 23.3 Å². The highest BCUT2D eigenvalue weighted by molar-refractivity contribution is 5.29. The molecule has 0 bridgehead atoms. The molecule has 0 aliphatic carbocycles. The molecular weight excluding hydrogens is 120 g/mol. The van der Waals surface area contributed by atoms with Crippen LogP contribution in [0.3, 0.4) is 0 Å². The first-order chi connectivity index (χ1) is 4.66. The monoisotopic (exact) mass is 134 g/mol. The topological polar surface area (TPSA) is 0 Å². The lowest BCUT2D eigenvalue weighted by Gasteiger charge is -1.84. The molecule has 0 aromatic rings. The summed E-state index contributed by atoms with van der Waals surface area (Å²) in [7, 11) is 0. The lowest BCUT2D eigenvalue weighted by molar-refractivity contribution is 1.38. The Balaban J connectivity index is 4.14. The van der Waals surface area contributed by atoms with Crippen molar-refractivity contribution in [2.45, 2.75) is 27.7 Å². The number of hydrogen-bond acceptors (Lipinski definition) is 0. The summed E-state index contributed by atoms with van der Waals surface area (Å²) in [5.74, 6) is 5.81. The SMILES string of the molecule is CC#C/C(C)=C/C=C(C)C. The van der Waals surface area contributed by atoms with Crippen LogP contribution in [-0.2, 0) is 0 Å². The Bertz CT molecular complexity index is 202. The first-order valence-electron chi connectivity index (χ1n) is 3.41. The van der Waals surface area contributed by atoms with Crippen LogP contribution in [-0.4, -0.2) is 0 Å².